The quantitative estimate of drug-likeness (QED) is 0.155. The molecule has 0 aromatic rings. The van der Waals surface area contributed by atoms with Gasteiger partial charge in [0.25, 0.3) is 0 Å². The maximum absolute atomic E-state index is 11.3. The second-order valence-electron chi connectivity index (χ2n) is 4.78. The van der Waals surface area contributed by atoms with Crippen molar-refractivity contribution in [3.63, 3.8) is 0 Å². The van der Waals surface area contributed by atoms with Crippen molar-refractivity contribution < 1.29 is 23.9 Å². The van der Waals surface area contributed by atoms with E-state index in [-0.39, 0.29) is 12.3 Å². The molecule has 122 valence electrons. The molecule has 0 aromatic carbocycles. The molecule has 0 amide bonds. The van der Waals surface area contributed by atoms with Gasteiger partial charge in [0.1, 0.15) is 6.29 Å². The first-order valence-corrected chi connectivity index (χ1v) is 7.15. The molecule has 0 saturated carbocycles. The van der Waals surface area contributed by atoms with Gasteiger partial charge in [-0.1, -0.05) is 31.2 Å². The molecule has 0 rings (SSSR count). The Hall–Kier alpha value is -2.17. The van der Waals surface area contributed by atoms with Crippen molar-refractivity contribution in [1.82, 2.24) is 0 Å². The predicted molar refractivity (Wildman–Crippen MR) is 84.1 cm³/mol. The monoisotopic (exact) mass is 308 g/mol. The first-order chi connectivity index (χ1) is 10.5. The van der Waals surface area contributed by atoms with Crippen LogP contribution < -0.4 is 0 Å². The third-order valence-electron chi connectivity index (χ3n) is 2.85. The Balaban J connectivity index is 4.59. The molecule has 0 heterocycles. The van der Waals surface area contributed by atoms with Gasteiger partial charge in [-0.05, 0) is 24.3 Å². The number of esters is 2. The fourth-order valence-electron chi connectivity index (χ4n) is 1.57. The highest BCUT2D eigenvalue weighted by Gasteiger charge is 2.06. The minimum atomic E-state index is -0.509. The number of aldehydes is 1. The molecule has 5 nitrogen and oxygen atoms in total. The lowest BCUT2D eigenvalue weighted by atomic mass is 10.0. The molecule has 1 atom stereocenters. The molecule has 0 aliphatic carbocycles. The topological polar surface area (TPSA) is 69.7 Å². The lowest BCUT2D eigenvalue weighted by Gasteiger charge is -2.04. The Labute approximate surface area is 131 Å². The third kappa shape index (κ3) is 10.6. The standard InChI is InChI=1S/C17H24O5/c1-14(8-6-4-5-7-11-18)9-10-15(12-16(19)21-2)13-17(20)22-3/h4,6,9-12,14H,5,7-8,13H2,1-3H3/b6-4+,10-9+,15-12-/t14-/m0/s1. The van der Waals surface area contributed by atoms with Crippen LogP contribution in [0.5, 0.6) is 0 Å². The Morgan fingerprint density at radius 1 is 1.09 bits per heavy atom. The molecule has 0 aromatic heterocycles. The molecule has 0 radical (unpaired) electrons. The summed E-state index contributed by atoms with van der Waals surface area (Å²) in [7, 11) is 2.58. The zero-order chi connectivity index (χ0) is 16.8. The summed E-state index contributed by atoms with van der Waals surface area (Å²) < 4.78 is 9.16. The van der Waals surface area contributed by atoms with E-state index >= 15 is 0 Å². The van der Waals surface area contributed by atoms with Gasteiger partial charge >= 0.3 is 11.9 Å². The molecule has 0 aliphatic rings. The molecule has 0 N–H and O–H groups in total. The number of hydrogen-bond donors (Lipinski definition) is 0. The summed E-state index contributed by atoms with van der Waals surface area (Å²) in [6.07, 6.45) is 11.9. The fraction of sp³-hybridized carbons (Fsp3) is 0.471. The van der Waals surface area contributed by atoms with Gasteiger partial charge < -0.3 is 14.3 Å². The maximum Gasteiger partial charge on any atom is 0.330 e. The van der Waals surface area contributed by atoms with Crippen molar-refractivity contribution in [3.05, 3.63) is 36.0 Å². The minimum Gasteiger partial charge on any atom is -0.469 e. The van der Waals surface area contributed by atoms with Crippen LogP contribution in [0, 0.1) is 5.92 Å². The van der Waals surface area contributed by atoms with Crippen molar-refractivity contribution in [2.75, 3.05) is 14.2 Å². The van der Waals surface area contributed by atoms with E-state index in [0.29, 0.717) is 12.0 Å². The maximum atomic E-state index is 11.3. The second kappa shape index (κ2) is 12.6. The summed E-state index contributed by atoms with van der Waals surface area (Å²) >= 11 is 0. The van der Waals surface area contributed by atoms with E-state index in [1.54, 1.807) is 6.08 Å². The van der Waals surface area contributed by atoms with Crippen LogP contribution in [-0.4, -0.2) is 32.4 Å². The Kier molecular flexibility index (Phi) is 11.3. The van der Waals surface area contributed by atoms with Crippen LogP contribution >= 0.6 is 0 Å². The fourth-order valence-corrected chi connectivity index (χ4v) is 1.57. The number of hydrogen-bond acceptors (Lipinski definition) is 5. The van der Waals surface area contributed by atoms with Gasteiger partial charge in [0.15, 0.2) is 0 Å². The van der Waals surface area contributed by atoms with Crippen molar-refractivity contribution in [2.24, 2.45) is 5.92 Å². The molecule has 0 bridgehead atoms. The SMILES string of the molecule is COC(=O)/C=C(/C=C/[C@@H](C)C/C=C/CCC=O)CC(=O)OC. The largest absolute Gasteiger partial charge is 0.469 e. The summed E-state index contributed by atoms with van der Waals surface area (Å²) in [4.78, 5) is 32.8. The van der Waals surface area contributed by atoms with Gasteiger partial charge in [-0.25, -0.2) is 4.79 Å². The molecule has 22 heavy (non-hydrogen) atoms. The van der Waals surface area contributed by atoms with Gasteiger partial charge in [0.05, 0.1) is 20.6 Å². The highest BCUT2D eigenvalue weighted by Crippen LogP contribution is 2.11. The predicted octanol–water partition coefficient (Wildman–Crippen LogP) is 2.77. The lowest BCUT2D eigenvalue weighted by molar-refractivity contribution is -0.139. The van der Waals surface area contributed by atoms with Crippen molar-refractivity contribution in [1.29, 1.82) is 0 Å². The molecule has 0 aliphatic heterocycles. The van der Waals surface area contributed by atoms with Gasteiger partial charge in [-0.15, -0.1) is 0 Å². The average Bonchev–Trinajstić information content (AvgIpc) is 2.51. The van der Waals surface area contributed by atoms with E-state index in [2.05, 4.69) is 9.47 Å². The molecule has 0 spiro atoms. The van der Waals surface area contributed by atoms with E-state index in [0.717, 1.165) is 19.1 Å². The van der Waals surface area contributed by atoms with E-state index < -0.39 is 11.9 Å². The first-order valence-electron chi connectivity index (χ1n) is 7.15. The summed E-state index contributed by atoms with van der Waals surface area (Å²) in [5.74, 6) is -0.683. The van der Waals surface area contributed by atoms with Gasteiger partial charge in [0.2, 0.25) is 0 Å². The van der Waals surface area contributed by atoms with Gasteiger partial charge in [0, 0.05) is 12.5 Å². The van der Waals surface area contributed by atoms with Crippen molar-refractivity contribution in [2.45, 2.75) is 32.6 Å². The van der Waals surface area contributed by atoms with Crippen LogP contribution in [0.25, 0.3) is 0 Å². The summed E-state index contributed by atoms with van der Waals surface area (Å²) in [6, 6.07) is 0. The van der Waals surface area contributed by atoms with E-state index in [1.807, 2.05) is 25.2 Å². The Morgan fingerprint density at radius 3 is 2.41 bits per heavy atom. The molecule has 0 fully saturated rings. The van der Waals surface area contributed by atoms with E-state index in [9.17, 15) is 14.4 Å². The zero-order valence-corrected chi connectivity index (χ0v) is 13.4. The normalized spacial score (nSPS) is 13.3. The highest BCUT2D eigenvalue weighted by molar-refractivity contribution is 5.85. The highest BCUT2D eigenvalue weighted by atomic mass is 16.5. The van der Waals surface area contributed by atoms with Crippen LogP contribution in [0.1, 0.15) is 32.6 Å². The summed E-state index contributed by atoms with van der Waals surface area (Å²) in [6.45, 7) is 2.02. The number of ether oxygens (including phenoxy) is 2. The van der Waals surface area contributed by atoms with Gasteiger partial charge in [-0.3, -0.25) is 4.79 Å². The summed E-state index contributed by atoms with van der Waals surface area (Å²) in [5, 5.41) is 0. The van der Waals surface area contributed by atoms with Crippen LogP contribution in [-0.2, 0) is 23.9 Å². The minimum absolute atomic E-state index is 0.0179. The Bertz CT molecular complexity index is 446. The zero-order valence-electron chi connectivity index (χ0n) is 13.4. The first kappa shape index (κ1) is 19.8. The number of methoxy groups -OCH3 is 2. The molecular weight excluding hydrogens is 284 g/mol. The number of rotatable bonds is 10. The molecule has 0 unspecified atom stereocenters. The van der Waals surface area contributed by atoms with Crippen LogP contribution in [0.15, 0.2) is 36.0 Å². The molecular formula is C17H24O5. The van der Waals surface area contributed by atoms with Crippen LogP contribution in [0.2, 0.25) is 0 Å². The van der Waals surface area contributed by atoms with E-state index in [4.69, 9.17) is 0 Å². The van der Waals surface area contributed by atoms with Crippen molar-refractivity contribution >= 4 is 18.2 Å². The average molecular weight is 308 g/mol. The lowest BCUT2D eigenvalue weighted by Crippen LogP contribution is -2.04. The number of carbonyl (C=O) groups excluding carboxylic acids is 3. The third-order valence-corrected chi connectivity index (χ3v) is 2.85. The molecule has 5 heteroatoms. The van der Waals surface area contributed by atoms with E-state index in [1.165, 1.54) is 20.3 Å². The van der Waals surface area contributed by atoms with Crippen LogP contribution in [0.4, 0.5) is 0 Å². The number of carbonyl (C=O) groups is 3. The number of unbranched alkanes of at least 4 members (excludes halogenated alkanes) is 1. The van der Waals surface area contributed by atoms with Gasteiger partial charge in [-0.2, -0.15) is 0 Å². The number of allylic oxidation sites excluding steroid dienone is 4. The second-order valence-corrected chi connectivity index (χ2v) is 4.78. The molecule has 0 saturated heterocycles. The summed E-state index contributed by atoms with van der Waals surface area (Å²) in [5.41, 5.74) is 0.537. The Morgan fingerprint density at radius 2 is 1.82 bits per heavy atom. The van der Waals surface area contributed by atoms with Crippen LogP contribution in [0.3, 0.4) is 0 Å². The van der Waals surface area contributed by atoms with Crippen molar-refractivity contribution in [3.8, 4) is 0 Å². The smallest absolute Gasteiger partial charge is 0.330 e.